The maximum Gasteiger partial charge on any atom is 0.161 e. The fourth-order valence-corrected chi connectivity index (χ4v) is 2.28. The van der Waals surface area contributed by atoms with E-state index in [9.17, 15) is 0 Å². The summed E-state index contributed by atoms with van der Waals surface area (Å²) < 4.78 is 16.8. The highest BCUT2D eigenvalue weighted by molar-refractivity contribution is 5.44. The molecule has 2 aromatic carbocycles. The zero-order valence-electron chi connectivity index (χ0n) is 11.8. The summed E-state index contributed by atoms with van der Waals surface area (Å²) in [4.78, 5) is 0. The molecule has 0 aromatic heterocycles. The Balaban J connectivity index is 1.56. The molecule has 1 aliphatic heterocycles. The van der Waals surface area contributed by atoms with E-state index in [1.165, 1.54) is 0 Å². The summed E-state index contributed by atoms with van der Waals surface area (Å²) in [5.74, 6) is 2.43. The van der Waals surface area contributed by atoms with Crippen LogP contribution < -0.4 is 19.9 Å². The highest BCUT2D eigenvalue weighted by Gasteiger charge is 2.14. The van der Waals surface area contributed by atoms with Crippen molar-refractivity contribution in [3.63, 3.8) is 0 Å². The van der Waals surface area contributed by atoms with Crippen LogP contribution in [0.4, 0.5) is 0 Å². The predicted octanol–water partition coefficient (Wildman–Crippen LogP) is 2.93. The van der Waals surface area contributed by atoms with Crippen LogP contribution in [0, 0.1) is 0 Å². The van der Waals surface area contributed by atoms with Crippen molar-refractivity contribution in [2.24, 2.45) is 5.73 Å². The molecule has 1 heterocycles. The molecule has 0 saturated heterocycles. The number of ether oxygens (including phenoxy) is 3. The first kappa shape index (κ1) is 13.8. The molecule has 2 N–H and O–H groups in total. The Hall–Kier alpha value is -2.20. The average Bonchev–Trinajstić information content (AvgIpc) is 2.55. The second-order valence-corrected chi connectivity index (χ2v) is 4.96. The Morgan fingerprint density at radius 3 is 2.57 bits per heavy atom. The lowest BCUT2D eigenvalue weighted by Crippen LogP contribution is -2.17. The van der Waals surface area contributed by atoms with Gasteiger partial charge in [0, 0.05) is 12.5 Å². The number of nitrogens with two attached hydrogens (primary N) is 1. The lowest BCUT2D eigenvalue weighted by Gasteiger charge is -2.20. The lowest BCUT2D eigenvalue weighted by molar-refractivity contribution is 0.171. The van der Waals surface area contributed by atoms with Gasteiger partial charge in [-0.15, -0.1) is 0 Å². The Morgan fingerprint density at radius 2 is 1.76 bits per heavy atom. The van der Waals surface area contributed by atoms with E-state index >= 15 is 0 Å². The van der Waals surface area contributed by atoms with Crippen molar-refractivity contribution in [2.45, 2.75) is 12.5 Å². The van der Waals surface area contributed by atoms with E-state index in [2.05, 4.69) is 0 Å². The van der Waals surface area contributed by atoms with E-state index in [4.69, 9.17) is 19.9 Å². The number of hydrogen-bond donors (Lipinski definition) is 1. The third-order valence-corrected chi connectivity index (χ3v) is 3.44. The largest absolute Gasteiger partial charge is 0.494 e. The average molecular weight is 285 g/mol. The van der Waals surface area contributed by atoms with Crippen LogP contribution in [-0.4, -0.2) is 19.8 Å². The second kappa shape index (κ2) is 6.50. The molecule has 3 rings (SSSR count). The molecule has 0 bridgehead atoms. The molecule has 0 amide bonds. The molecule has 110 valence electrons. The minimum atomic E-state index is -0.0791. The number of hydrogen-bond acceptors (Lipinski definition) is 4. The van der Waals surface area contributed by atoms with E-state index in [1.54, 1.807) is 0 Å². The predicted molar refractivity (Wildman–Crippen MR) is 80.9 cm³/mol. The first-order valence-corrected chi connectivity index (χ1v) is 7.16. The third kappa shape index (κ3) is 3.47. The van der Waals surface area contributed by atoms with Gasteiger partial charge in [-0.2, -0.15) is 0 Å². The minimum Gasteiger partial charge on any atom is -0.494 e. The van der Waals surface area contributed by atoms with Crippen molar-refractivity contribution in [1.29, 1.82) is 0 Å². The highest BCUT2D eigenvalue weighted by Crippen LogP contribution is 2.32. The van der Waals surface area contributed by atoms with E-state index in [-0.39, 0.29) is 6.04 Å². The van der Waals surface area contributed by atoms with Crippen molar-refractivity contribution < 1.29 is 14.2 Å². The monoisotopic (exact) mass is 285 g/mol. The third-order valence-electron chi connectivity index (χ3n) is 3.44. The van der Waals surface area contributed by atoms with Gasteiger partial charge in [-0.25, -0.2) is 0 Å². The smallest absolute Gasteiger partial charge is 0.161 e. The first-order chi connectivity index (χ1) is 10.3. The molecule has 21 heavy (non-hydrogen) atoms. The molecular formula is C17H19NO3. The van der Waals surface area contributed by atoms with Crippen molar-refractivity contribution in [3.05, 3.63) is 54.1 Å². The van der Waals surface area contributed by atoms with Crippen LogP contribution in [0.3, 0.4) is 0 Å². The summed E-state index contributed by atoms with van der Waals surface area (Å²) >= 11 is 0. The van der Waals surface area contributed by atoms with E-state index < -0.39 is 0 Å². The lowest BCUT2D eigenvalue weighted by atomic mass is 10.0. The summed E-state index contributed by atoms with van der Waals surface area (Å²) in [7, 11) is 0. The standard InChI is InChI=1S/C17H19NO3/c18-15(8-9-19-14-4-2-1-3-5-14)13-6-7-16-17(12-13)21-11-10-20-16/h1-7,12,15H,8-11,18H2. The van der Waals surface area contributed by atoms with Crippen LogP contribution in [0.25, 0.3) is 0 Å². The molecular weight excluding hydrogens is 266 g/mol. The van der Waals surface area contributed by atoms with Crippen LogP contribution in [0.15, 0.2) is 48.5 Å². The highest BCUT2D eigenvalue weighted by atomic mass is 16.6. The van der Waals surface area contributed by atoms with E-state index in [0.717, 1.165) is 29.2 Å². The summed E-state index contributed by atoms with van der Waals surface area (Å²) in [5, 5.41) is 0. The van der Waals surface area contributed by atoms with Gasteiger partial charge in [-0.05, 0) is 29.8 Å². The maximum atomic E-state index is 6.22. The van der Waals surface area contributed by atoms with Gasteiger partial charge in [0.25, 0.3) is 0 Å². The molecule has 1 unspecified atom stereocenters. The maximum absolute atomic E-state index is 6.22. The topological polar surface area (TPSA) is 53.7 Å². The number of fused-ring (bicyclic) bond motifs is 1. The minimum absolute atomic E-state index is 0.0791. The van der Waals surface area contributed by atoms with Gasteiger partial charge >= 0.3 is 0 Å². The molecule has 0 spiro atoms. The molecule has 4 nitrogen and oxygen atoms in total. The van der Waals surface area contributed by atoms with Crippen molar-refractivity contribution in [1.82, 2.24) is 0 Å². The summed E-state index contributed by atoms with van der Waals surface area (Å²) in [5.41, 5.74) is 7.25. The van der Waals surface area contributed by atoms with Gasteiger partial charge in [-0.1, -0.05) is 24.3 Å². The number of benzene rings is 2. The quantitative estimate of drug-likeness (QED) is 0.917. The molecule has 2 aromatic rings. The molecule has 0 radical (unpaired) electrons. The fourth-order valence-electron chi connectivity index (χ4n) is 2.28. The molecule has 1 aliphatic rings. The zero-order valence-corrected chi connectivity index (χ0v) is 11.8. The van der Waals surface area contributed by atoms with Gasteiger partial charge < -0.3 is 19.9 Å². The van der Waals surface area contributed by atoms with Crippen LogP contribution in [0.1, 0.15) is 18.0 Å². The Kier molecular flexibility index (Phi) is 4.26. The Bertz CT molecular complexity index is 586. The molecule has 1 atom stereocenters. The normalized spacial score (nSPS) is 14.5. The fraction of sp³-hybridized carbons (Fsp3) is 0.294. The van der Waals surface area contributed by atoms with Gasteiger partial charge in [0.05, 0.1) is 6.61 Å². The van der Waals surface area contributed by atoms with Crippen LogP contribution in [-0.2, 0) is 0 Å². The van der Waals surface area contributed by atoms with Crippen LogP contribution in [0.5, 0.6) is 17.2 Å². The molecule has 4 heteroatoms. The van der Waals surface area contributed by atoms with Crippen LogP contribution >= 0.6 is 0 Å². The SMILES string of the molecule is NC(CCOc1ccccc1)c1ccc2c(c1)OCCO2. The first-order valence-electron chi connectivity index (χ1n) is 7.16. The van der Waals surface area contributed by atoms with Gasteiger partial charge in [-0.3, -0.25) is 0 Å². The van der Waals surface area contributed by atoms with Crippen molar-refractivity contribution >= 4 is 0 Å². The summed E-state index contributed by atoms with van der Waals surface area (Å²) in [6.07, 6.45) is 0.745. The summed E-state index contributed by atoms with van der Waals surface area (Å²) in [6.45, 7) is 1.77. The van der Waals surface area contributed by atoms with Gasteiger partial charge in [0.1, 0.15) is 19.0 Å². The number of rotatable bonds is 5. The van der Waals surface area contributed by atoms with E-state index in [1.807, 2.05) is 48.5 Å². The summed E-state index contributed by atoms with van der Waals surface area (Å²) in [6, 6.07) is 15.5. The number of para-hydroxylation sites is 1. The molecule has 0 saturated carbocycles. The van der Waals surface area contributed by atoms with Crippen molar-refractivity contribution in [3.8, 4) is 17.2 Å². The van der Waals surface area contributed by atoms with Crippen molar-refractivity contribution in [2.75, 3.05) is 19.8 Å². The van der Waals surface area contributed by atoms with E-state index in [0.29, 0.717) is 19.8 Å². The van der Waals surface area contributed by atoms with Gasteiger partial charge in [0.2, 0.25) is 0 Å². The molecule has 0 aliphatic carbocycles. The van der Waals surface area contributed by atoms with Crippen LogP contribution in [0.2, 0.25) is 0 Å². The Labute approximate surface area is 124 Å². The van der Waals surface area contributed by atoms with Gasteiger partial charge in [0.15, 0.2) is 11.5 Å². The zero-order chi connectivity index (χ0) is 14.5. The molecule has 0 fully saturated rings. The Morgan fingerprint density at radius 1 is 1.00 bits per heavy atom. The second-order valence-electron chi connectivity index (χ2n) is 4.96.